The molecule has 2 rings (SSSR count). The smallest absolute Gasteiger partial charge is 0.315 e. The number of amides is 3. The number of nitrogens with zero attached hydrogens (tertiary/aromatic N) is 1. The van der Waals surface area contributed by atoms with Gasteiger partial charge in [0.1, 0.15) is 6.04 Å². The Morgan fingerprint density at radius 2 is 2.00 bits per heavy atom. The van der Waals surface area contributed by atoms with Crippen LogP contribution >= 0.6 is 0 Å². The monoisotopic (exact) mass is 281 g/mol. The average molecular weight is 281 g/mol. The van der Waals surface area contributed by atoms with Crippen molar-refractivity contribution in [3.05, 3.63) is 0 Å². The van der Waals surface area contributed by atoms with Gasteiger partial charge in [0, 0.05) is 19.6 Å². The third-order valence-corrected chi connectivity index (χ3v) is 4.74. The van der Waals surface area contributed by atoms with E-state index in [0.29, 0.717) is 17.8 Å². The van der Waals surface area contributed by atoms with Crippen LogP contribution in [0.1, 0.15) is 46.5 Å². The Labute approximate surface area is 121 Å². The van der Waals surface area contributed by atoms with E-state index in [9.17, 15) is 9.59 Å². The maximum Gasteiger partial charge on any atom is 0.315 e. The quantitative estimate of drug-likeness (QED) is 0.810. The normalized spacial score (nSPS) is 33.1. The lowest BCUT2D eigenvalue weighted by Crippen LogP contribution is -2.51. The number of likely N-dealkylation sites (tertiary alicyclic amines) is 1. The number of carbonyl (C=O) groups excluding carboxylic acids is 2. The second-order valence-corrected chi connectivity index (χ2v) is 7.21. The number of rotatable bonds is 2. The number of likely N-dealkylation sites (N-methyl/N-ethyl adjacent to an activating group) is 1. The Bertz CT molecular complexity index is 395. The molecule has 3 atom stereocenters. The lowest BCUT2D eigenvalue weighted by Gasteiger charge is -2.39. The van der Waals surface area contributed by atoms with Crippen LogP contribution < -0.4 is 10.6 Å². The highest BCUT2D eigenvalue weighted by molar-refractivity contribution is 5.88. The van der Waals surface area contributed by atoms with E-state index in [1.807, 2.05) is 0 Å². The first-order valence-corrected chi connectivity index (χ1v) is 7.60. The predicted molar refractivity (Wildman–Crippen MR) is 78.3 cm³/mol. The van der Waals surface area contributed by atoms with Crippen LogP contribution in [0.2, 0.25) is 0 Å². The minimum atomic E-state index is -0.352. The fourth-order valence-corrected chi connectivity index (χ4v) is 3.49. The van der Waals surface area contributed by atoms with Gasteiger partial charge in [-0.2, -0.15) is 0 Å². The zero-order valence-corrected chi connectivity index (χ0v) is 13.0. The fourth-order valence-electron chi connectivity index (χ4n) is 3.49. The molecule has 1 saturated carbocycles. The Morgan fingerprint density at radius 1 is 1.30 bits per heavy atom. The van der Waals surface area contributed by atoms with Gasteiger partial charge in [-0.3, -0.25) is 4.79 Å². The summed E-state index contributed by atoms with van der Waals surface area (Å²) in [6.45, 7) is 7.48. The van der Waals surface area contributed by atoms with Gasteiger partial charge in [0.05, 0.1) is 0 Å². The molecule has 1 saturated heterocycles. The number of urea groups is 1. The summed E-state index contributed by atoms with van der Waals surface area (Å²) in [6.07, 6.45) is 3.98. The molecule has 114 valence electrons. The van der Waals surface area contributed by atoms with E-state index in [2.05, 4.69) is 31.4 Å². The molecule has 5 nitrogen and oxygen atoms in total. The minimum Gasteiger partial charge on any atom is -0.344 e. The SMILES string of the molecule is CC1CC(C)(C)CCC1NC(=O)NC1CCN(C)C1=O. The molecule has 2 N–H and O–H groups in total. The van der Waals surface area contributed by atoms with E-state index < -0.39 is 0 Å². The van der Waals surface area contributed by atoms with Gasteiger partial charge in [-0.05, 0) is 37.0 Å². The Hall–Kier alpha value is -1.26. The van der Waals surface area contributed by atoms with Gasteiger partial charge < -0.3 is 15.5 Å². The lowest BCUT2D eigenvalue weighted by atomic mass is 9.70. The average Bonchev–Trinajstić information content (AvgIpc) is 2.64. The van der Waals surface area contributed by atoms with Gasteiger partial charge in [0.25, 0.3) is 0 Å². The third kappa shape index (κ3) is 3.44. The second-order valence-electron chi connectivity index (χ2n) is 7.21. The molecule has 1 aliphatic heterocycles. The van der Waals surface area contributed by atoms with Gasteiger partial charge >= 0.3 is 6.03 Å². The van der Waals surface area contributed by atoms with Crippen molar-refractivity contribution in [3.8, 4) is 0 Å². The van der Waals surface area contributed by atoms with E-state index >= 15 is 0 Å². The van der Waals surface area contributed by atoms with Crippen LogP contribution in [0.4, 0.5) is 4.79 Å². The summed E-state index contributed by atoms with van der Waals surface area (Å²) in [5.41, 5.74) is 0.373. The lowest BCUT2D eigenvalue weighted by molar-refractivity contribution is -0.128. The van der Waals surface area contributed by atoms with Gasteiger partial charge in [0.15, 0.2) is 0 Å². The summed E-state index contributed by atoms with van der Waals surface area (Å²) in [5.74, 6) is 0.490. The molecular formula is C15H27N3O2. The fraction of sp³-hybridized carbons (Fsp3) is 0.867. The Kier molecular flexibility index (Phi) is 4.25. The predicted octanol–water partition coefficient (Wildman–Crippen LogP) is 1.73. The number of hydrogen-bond acceptors (Lipinski definition) is 2. The summed E-state index contributed by atoms with van der Waals surface area (Å²) < 4.78 is 0. The molecule has 1 heterocycles. The third-order valence-electron chi connectivity index (χ3n) is 4.74. The number of nitrogens with one attached hydrogen (secondary N) is 2. The van der Waals surface area contributed by atoms with Gasteiger partial charge in [-0.1, -0.05) is 20.8 Å². The van der Waals surface area contributed by atoms with Crippen LogP contribution in [-0.2, 0) is 4.79 Å². The molecule has 0 bridgehead atoms. The molecule has 0 aromatic carbocycles. The topological polar surface area (TPSA) is 61.4 Å². The van der Waals surface area contributed by atoms with Crippen LogP contribution in [0.3, 0.4) is 0 Å². The first kappa shape index (κ1) is 15.1. The molecule has 3 unspecified atom stereocenters. The second kappa shape index (κ2) is 5.62. The van der Waals surface area contributed by atoms with E-state index in [1.165, 1.54) is 0 Å². The highest BCUT2D eigenvalue weighted by Crippen LogP contribution is 2.38. The van der Waals surface area contributed by atoms with Crippen molar-refractivity contribution in [3.63, 3.8) is 0 Å². The van der Waals surface area contributed by atoms with Crippen molar-refractivity contribution in [1.29, 1.82) is 0 Å². The van der Waals surface area contributed by atoms with Crippen molar-refractivity contribution in [2.75, 3.05) is 13.6 Å². The molecule has 0 aromatic rings. The van der Waals surface area contributed by atoms with Crippen LogP contribution in [0.15, 0.2) is 0 Å². The highest BCUT2D eigenvalue weighted by Gasteiger charge is 2.34. The standard InChI is InChI=1S/C15H27N3O2/c1-10-9-15(2,3)7-5-11(10)16-14(20)17-12-6-8-18(4)13(12)19/h10-12H,5-9H2,1-4H3,(H2,16,17,20). The number of hydrogen-bond donors (Lipinski definition) is 2. The summed E-state index contributed by atoms with van der Waals surface area (Å²) in [7, 11) is 1.77. The first-order valence-electron chi connectivity index (χ1n) is 7.60. The van der Waals surface area contributed by atoms with Crippen molar-refractivity contribution in [2.45, 2.75) is 58.5 Å². The number of carbonyl (C=O) groups is 2. The van der Waals surface area contributed by atoms with Gasteiger partial charge in [-0.15, -0.1) is 0 Å². The highest BCUT2D eigenvalue weighted by atomic mass is 16.2. The van der Waals surface area contributed by atoms with Crippen LogP contribution in [0.25, 0.3) is 0 Å². The van der Waals surface area contributed by atoms with E-state index in [4.69, 9.17) is 0 Å². The Morgan fingerprint density at radius 3 is 2.55 bits per heavy atom. The van der Waals surface area contributed by atoms with Gasteiger partial charge in [-0.25, -0.2) is 4.79 Å². The van der Waals surface area contributed by atoms with Crippen molar-refractivity contribution in [1.82, 2.24) is 15.5 Å². The van der Waals surface area contributed by atoms with Gasteiger partial charge in [0.2, 0.25) is 5.91 Å². The van der Waals surface area contributed by atoms with Crippen LogP contribution in [-0.4, -0.2) is 42.5 Å². The molecule has 2 aliphatic rings. The summed E-state index contributed by atoms with van der Waals surface area (Å²) in [6, 6.07) is -0.331. The summed E-state index contributed by atoms with van der Waals surface area (Å²) in [4.78, 5) is 25.5. The maximum atomic E-state index is 12.0. The molecule has 0 aromatic heterocycles. The largest absolute Gasteiger partial charge is 0.344 e. The summed E-state index contributed by atoms with van der Waals surface area (Å²) in [5, 5.41) is 5.85. The van der Waals surface area contributed by atoms with E-state index in [-0.39, 0.29) is 24.0 Å². The zero-order chi connectivity index (χ0) is 14.9. The minimum absolute atomic E-state index is 0.0120. The molecule has 2 fully saturated rings. The molecular weight excluding hydrogens is 254 g/mol. The summed E-state index contributed by atoms with van der Waals surface area (Å²) >= 11 is 0. The Balaban J connectivity index is 1.82. The van der Waals surface area contributed by atoms with Crippen molar-refractivity contribution >= 4 is 11.9 Å². The van der Waals surface area contributed by atoms with E-state index in [1.54, 1.807) is 11.9 Å². The molecule has 0 radical (unpaired) electrons. The van der Waals surface area contributed by atoms with E-state index in [0.717, 1.165) is 25.8 Å². The molecule has 5 heteroatoms. The molecule has 20 heavy (non-hydrogen) atoms. The van der Waals surface area contributed by atoms with Crippen LogP contribution in [0.5, 0.6) is 0 Å². The molecule has 0 spiro atoms. The molecule has 1 aliphatic carbocycles. The zero-order valence-electron chi connectivity index (χ0n) is 13.0. The maximum absolute atomic E-state index is 12.0. The van der Waals surface area contributed by atoms with Crippen LogP contribution in [0, 0.1) is 11.3 Å². The molecule has 3 amide bonds. The van der Waals surface area contributed by atoms with Crippen molar-refractivity contribution in [2.24, 2.45) is 11.3 Å². The van der Waals surface area contributed by atoms with Crippen molar-refractivity contribution < 1.29 is 9.59 Å². The first-order chi connectivity index (χ1) is 9.28.